The Hall–Kier alpha value is -3.00. The summed E-state index contributed by atoms with van der Waals surface area (Å²) in [6.07, 6.45) is 8.71. The highest BCUT2D eigenvalue weighted by Gasteiger charge is 2.24. The van der Waals surface area contributed by atoms with E-state index >= 15 is 0 Å². The first-order valence-electron chi connectivity index (χ1n) is 13.7. The molecule has 0 radical (unpaired) electrons. The van der Waals surface area contributed by atoms with Crippen molar-refractivity contribution in [3.05, 3.63) is 52.3 Å². The molecule has 1 fully saturated rings. The molecule has 1 unspecified atom stereocenters. The lowest BCUT2D eigenvalue weighted by Crippen LogP contribution is -2.29. The minimum absolute atomic E-state index is 0.0952. The van der Waals surface area contributed by atoms with Crippen molar-refractivity contribution in [1.29, 1.82) is 0 Å². The molecule has 1 heterocycles. The summed E-state index contributed by atoms with van der Waals surface area (Å²) in [5.41, 5.74) is 2.41. The average Bonchev–Trinajstić information content (AvgIpc) is 2.95. The minimum Gasteiger partial charge on any atom is -0.493 e. The molecule has 0 spiro atoms. The number of fused-ring (bicyclic) bond motifs is 1. The first-order chi connectivity index (χ1) is 18.5. The molecule has 7 nitrogen and oxygen atoms in total. The topological polar surface area (TPSA) is 82.5 Å². The zero-order valence-electron chi connectivity index (χ0n) is 22.9. The quantitative estimate of drug-likeness (QED) is 0.223. The molecule has 0 saturated heterocycles. The van der Waals surface area contributed by atoms with Gasteiger partial charge in [-0.3, -0.25) is 14.2 Å². The number of hydrogen-bond acceptors (Lipinski definition) is 6. The number of carbonyl (C=O) groups excluding carboxylic acids is 1. The van der Waals surface area contributed by atoms with Crippen LogP contribution in [0.2, 0.25) is 0 Å². The van der Waals surface area contributed by atoms with Gasteiger partial charge in [0.05, 0.1) is 30.4 Å². The molecule has 1 aliphatic rings. The largest absolute Gasteiger partial charge is 0.493 e. The van der Waals surface area contributed by atoms with Crippen LogP contribution in [0.25, 0.3) is 10.9 Å². The van der Waals surface area contributed by atoms with Crippen LogP contribution in [-0.4, -0.2) is 34.9 Å². The van der Waals surface area contributed by atoms with E-state index < -0.39 is 5.25 Å². The van der Waals surface area contributed by atoms with E-state index in [-0.39, 0.29) is 11.5 Å². The number of aromatic nitrogens is 2. The number of amides is 1. The normalized spacial score (nSPS) is 14.8. The minimum atomic E-state index is -0.397. The predicted molar refractivity (Wildman–Crippen MR) is 155 cm³/mol. The van der Waals surface area contributed by atoms with Gasteiger partial charge in [0, 0.05) is 18.3 Å². The highest BCUT2D eigenvalue weighted by Crippen LogP contribution is 2.33. The number of benzene rings is 2. The fourth-order valence-corrected chi connectivity index (χ4v) is 6.14. The molecule has 1 saturated carbocycles. The SMILES string of the molecule is CCc1ccc(NC(=O)C(CC)Sc2nc3cc(OC)c(OC)cc3c(=O)n2CCC2CCCCC2)cc1. The number of rotatable bonds is 11. The van der Waals surface area contributed by atoms with Crippen LogP contribution in [0.4, 0.5) is 5.69 Å². The monoisotopic (exact) mass is 537 g/mol. The molecule has 38 heavy (non-hydrogen) atoms. The second-order valence-corrected chi connectivity index (χ2v) is 11.1. The van der Waals surface area contributed by atoms with Gasteiger partial charge >= 0.3 is 0 Å². The van der Waals surface area contributed by atoms with E-state index in [0.29, 0.717) is 46.4 Å². The molecule has 1 amide bonds. The molecular weight excluding hydrogens is 498 g/mol. The molecule has 1 aromatic heterocycles. The van der Waals surface area contributed by atoms with Crippen LogP contribution in [0.5, 0.6) is 11.5 Å². The van der Waals surface area contributed by atoms with Gasteiger partial charge in [0.25, 0.3) is 5.56 Å². The van der Waals surface area contributed by atoms with Gasteiger partial charge in [0.1, 0.15) is 0 Å². The highest BCUT2D eigenvalue weighted by molar-refractivity contribution is 8.00. The van der Waals surface area contributed by atoms with Crippen molar-refractivity contribution in [2.75, 3.05) is 19.5 Å². The van der Waals surface area contributed by atoms with Crippen LogP contribution < -0.4 is 20.3 Å². The van der Waals surface area contributed by atoms with E-state index in [4.69, 9.17) is 14.5 Å². The van der Waals surface area contributed by atoms with E-state index in [1.54, 1.807) is 30.9 Å². The summed E-state index contributed by atoms with van der Waals surface area (Å²) in [6.45, 7) is 4.67. The highest BCUT2D eigenvalue weighted by atomic mass is 32.2. The van der Waals surface area contributed by atoms with Crippen molar-refractivity contribution in [3.8, 4) is 11.5 Å². The summed E-state index contributed by atoms with van der Waals surface area (Å²) in [4.78, 5) is 32.0. The predicted octanol–water partition coefficient (Wildman–Crippen LogP) is 6.46. The third-order valence-corrected chi connectivity index (χ3v) is 8.81. The Morgan fingerprint density at radius 2 is 1.76 bits per heavy atom. The lowest BCUT2D eigenvalue weighted by molar-refractivity contribution is -0.115. The number of aryl methyl sites for hydroxylation is 1. The van der Waals surface area contributed by atoms with Gasteiger partial charge in [-0.15, -0.1) is 0 Å². The van der Waals surface area contributed by atoms with Crippen LogP contribution in [0, 0.1) is 5.92 Å². The number of nitrogens with zero attached hydrogens (tertiary/aromatic N) is 2. The Morgan fingerprint density at radius 1 is 1.08 bits per heavy atom. The Labute approximate surface area is 229 Å². The van der Waals surface area contributed by atoms with Crippen molar-refractivity contribution >= 4 is 34.3 Å². The Bertz CT molecular complexity index is 1300. The maximum atomic E-state index is 13.8. The second-order valence-electron chi connectivity index (χ2n) is 9.92. The molecule has 2 aromatic carbocycles. The van der Waals surface area contributed by atoms with Gasteiger partial charge in [-0.1, -0.05) is 69.8 Å². The summed E-state index contributed by atoms with van der Waals surface area (Å²) in [7, 11) is 3.12. The standard InChI is InChI=1S/C30H39N3O4S/c1-5-20-12-14-22(15-13-20)31-28(34)27(6-2)38-30-32-24-19-26(37-4)25(36-3)18-23(24)29(35)33(30)17-16-21-10-8-7-9-11-21/h12-15,18-19,21,27H,5-11,16-17H2,1-4H3,(H,31,34). The van der Waals surface area contributed by atoms with Crippen molar-refractivity contribution in [2.45, 2.75) is 82.2 Å². The van der Waals surface area contributed by atoms with E-state index in [2.05, 4.69) is 12.2 Å². The second kappa shape index (κ2) is 13.2. The third-order valence-electron chi connectivity index (χ3n) is 7.45. The zero-order chi connectivity index (χ0) is 27.1. The number of carbonyl (C=O) groups is 1. The zero-order valence-corrected chi connectivity index (χ0v) is 23.7. The van der Waals surface area contributed by atoms with Gasteiger partial charge < -0.3 is 14.8 Å². The van der Waals surface area contributed by atoms with Gasteiger partial charge in [0.15, 0.2) is 16.7 Å². The first kappa shape index (κ1) is 28.0. The third kappa shape index (κ3) is 6.52. The molecule has 0 bridgehead atoms. The van der Waals surface area contributed by atoms with Crippen molar-refractivity contribution < 1.29 is 14.3 Å². The lowest BCUT2D eigenvalue weighted by Gasteiger charge is -2.23. The number of methoxy groups -OCH3 is 2. The fourth-order valence-electron chi connectivity index (χ4n) is 5.10. The Morgan fingerprint density at radius 3 is 2.39 bits per heavy atom. The maximum absolute atomic E-state index is 13.8. The number of thioether (sulfide) groups is 1. The Kier molecular flexibility index (Phi) is 9.72. The number of hydrogen-bond donors (Lipinski definition) is 1. The van der Waals surface area contributed by atoms with E-state index in [1.165, 1.54) is 49.4 Å². The van der Waals surface area contributed by atoms with E-state index in [1.807, 2.05) is 31.2 Å². The van der Waals surface area contributed by atoms with Gasteiger partial charge in [0.2, 0.25) is 5.91 Å². The number of nitrogens with one attached hydrogen (secondary N) is 1. The molecule has 4 rings (SSSR count). The van der Waals surface area contributed by atoms with E-state index in [9.17, 15) is 9.59 Å². The van der Waals surface area contributed by atoms with Crippen molar-refractivity contribution in [3.63, 3.8) is 0 Å². The summed E-state index contributed by atoms with van der Waals surface area (Å²) in [5.74, 6) is 1.54. The van der Waals surface area contributed by atoms with Gasteiger partial charge in [-0.05, 0) is 48.9 Å². The fraction of sp³-hybridized carbons (Fsp3) is 0.500. The van der Waals surface area contributed by atoms with Crippen LogP contribution >= 0.6 is 11.8 Å². The summed E-state index contributed by atoms with van der Waals surface area (Å²) in [6, 6.07) is 11.4. The average molecular weight is 538 g/mol. The molecule has 3 aromatic rings. The van der Waals surface area contributed by atoms with Crippen LogP contribution in [0.1, 0.15) is 64.4 Å². The smallest absolute Gasteiger partial charge is 0.262 e. The van der Waals surface area contributed by atoms with Crippen molar-refractivity contribution in [1.82, 2.24) is 9.55 Å². The summed E-state index contributed by atoms with van der Waals surface area (Å²) < 4.78 is 12.7. The molecule has 1 aliphatic carbocycles. The number of anilines is 1. The van der Waals surface area contributed by atoms with Gasteiger partial charge in [-0.25, -0.2) is 4.98 Å². The molecule has 0 aliphatic heterocycles. The molecule has 1 atom stereocenters. The van der Waals surface area contributed by atoms with Gasteiger partial charge in [-0.2, -0.15) is 0 Å². The van der Waals surface area contributed by atoms with Crippen molar-refractivity contribution in [2.24, 2.45) is 5.92 Å². The Balaban J connectivity index is 1.66. The molecular formula is C30H39N3O4S. The first-order valence-corrected chi connectivity index (χ1v) is 14.6. The summed E-state index contributed by atoms with van der Waals surface area (Å²) >= 11 is 1.36. The van der Waals surface area contributed by atoms with Crippen LogP contribution in [0.15, 0.2) is 46.3 Å². The lowest BCUT2D eigenvalue weighted by atomic mass is 9.87. The van der Waals surface area contributed by atoms with Crippen LogP contribution in [-0.2, 0) is 17.8 Å². The molecule has 8 heteroatoms. The summed E-state index contributed by atoms with van der Waals surface area (Å²) in [5, 5.41) is 3.70. The van der Waals surface area contributed by atoms with E-state index in [0.717, 1.165) is 18.5 Å². The molecule has 1 N–H and O–H groups in total. The molecule has 204 valence electrons. The maximum Gasteiger partial charge on any atom is 0.262 e. The number of ether oxygens (including phenoxy) is 2. The van der Waals surface area contributed by atoms with Crippen LogP contribution in [0.3, 0.4) is 0 Å².